The number of nitrogens with one attached hydrogen (secondary N) is 1. The Morgan fingerprint density at radius 3 is 2.76 bits per heavy atom. The van der Waals surface area contributed by atoms with Crippen LogP contribution in [0.1, 0.15) is 44.3 Å². The molecule has 6 nitrogen and oxygen atoms in total. The van der Waals surface area contributed by atoms with Crippen molar-refractivity contribution in [3.63, 3.8) is 0 Å². The Bertz CT molecular complexity index is 819. The smallest absolute Gasteiger partial charge is 0.230 e. The van der Waals surface area contributed by atoms with Gasteiger partial charge < -0.3 is 10.1 Å². The van der Waals surface area contributed by atoms with Gasteiger partial charge in [0.1, 0.15) is 6.61 Å². The minimum absolute atomic E-state index is 0.0132. The van der Waals surface area contributed by atoms with Crippen molar-refractivity contribution in [3.8, 4) is 5.75 Å². The summed E-state index contributed by atoms with van der Waals surface area (Å²) in [6.45, 7) is 4.33. The summed E-state index contributed by atoms with van der Waals surface area (Å²) in [5.41, 5.74) is 0. The molecule has 1 aliphatic rings. The van der Waals surface area contributed by atoms with E-state index in [1.165, 1.54) is 43.5 Å². The maximum atomic E-state index is 13.7. The molecule has 0 aliphatic heterocycles. The van der Waals surface area contributed by atoms with Gasteiger partial charge in [-0.25, -0.2) is 4.39 Å². The number of carbonyl (C=O) groups excluding carboxylic acids is 1. The van der Waals surface area contributed by atoms with E-state index in [9.17, 15) is 9.18 Å². The number of ether oxygens (including phenoxy) is 1. The second-order valence-electron chi connectivity index (χ2n) is 7.06. The first-order valence-electron chi connectivity index (χ1n) is 10.00. The molecule has 29 heavy (non-hydrogen) atoms. The van der Waals surface area contributed by atoms with E-state index in [2.05, 4.69) is 22.1 Å². The standard InChI is InChI=1S/C21H27FN4O2S/c1-2-13-26-19(14-28-18-12-8-7-11-17(18)22)24-25-21(26)29-15-20(27)23-16-9-5-3-4-6-10-16/h2,7-8,11-12,16H,1,3-6,9-10,13-15H2,(H,23,27). The highest BCUT2D eigenvalue weighted by Crippen LogP contribution is 2.21. The van der Waals surface area contributed by atoms with Crippen LogP contribution in [0.4, 0.5) is 4.39 Å². The van der Waals surface area contributed by atoms with Crippen molar-refractivity contribution in [3.05, 3.63) is 48.6 Å². The van der Waals surface area contributed by atoms with Crippen molar-refractivity contribution in [2.75, 3.05) is 5.75 Å². The topological polar surface area (TPSA) is 69.0 Å². The number of thioether (sulfide) groups is 1. The van der Waals surface area contributed by atoms with Gasteiger partial charge in [0.2, 0.25) is 5.91 Å². The molecule has 0 bridgehead atoms. The van der Waals surface area contributed by atoms with Crippen LogP contribution in [0.5, 0.6) is 5.75 Å². The largest absolute Gasteiger partial charge is 0.483 e. The van der Waals surface area contributed by atoms with Crippen molar-refractivity contribution in [2.45, 2.75) is 62.9 Å². The van der Waals surface area contributed by atoms with Crippen molar-refractivity contribution in [1.82, 2.24) is 20.1 Å². The molecule has 0 saturated heterocycles. The quantitative estimate of drug-likeness (QED) is 0.377. The van der Waals surface area contributed by atoms with Crippen molar-refractivity contribution in [2.24, 2.45) is 0 Å². The zero-order valence-electron chi connectivity index (χ0n) is 16.5. The first-order chi connectivity index (χ1) is 14.2. The van der Waals surface area contributed by atoms with Crippen LogP contribution in [0.3, 0.4) is 0 Å². The Labute approximate surface area is 174 Å². The number of allylic oxidation sites excluding steroid dienone is 1. The average Bonchev–Trinajstić information content (AvgIpc) is 2.91. The minimum atomic E-state index is -0.424. The minimum Gasteiger partial charge on any atom is -0.483 e. The van der Waals surface area contributed by atoms with Gasteiger partial charge in [0.25, 0.3) is 0 Å². The fourth-order valence-corrected chi connectivity index (χ4v) is 4.15. The SMILES string of the molecule is C=CCn1c(COc2ccccc2F)nnc1SCC(=O)NC1CCCCCC1. The molecule has 0 unspecified atom stereocenters. The maximum absolute atomic E-state index is 13.7. The highest BCUT2D eigenvalue weighted by Gasteiger charge is 2.17. The lowest BCUT2D eigenvalue weighted by atomic mass is 10.1. The molecule has 2 aromatic rings. The summed E-state index contributed by atoms with van der Waals surface area (Å²) in [6.07, 6.45) is 8.70. The monoisotopic (exact) mass is 418 g/mol. The van der Waals surface area contributed by atoms with Crippen molar-refractivity contribution in [1.29, 1.82) is 0 Å². The molecule has 8 heteroatoms. The van der Waals surface area contributed by atoms with Crippen LogP contribution >= 0.6 is 11.8 Å². The fraction of sp³-hybridized carbons (Fsp3) is 0.476. The lowest BCUT2D eigenvalue weighted by Gasteiger charge is -2.16. The molecule has 1 saturated carbocycles. The van der Waals surface area contributed by atoms with E-state index in [0.717, 1.165) is 12.8 Å². The third kappa shape index (κ3) is 6.32. The summed E-state index contributed by atoms with van der Waals surface area (Å²) in [5, 5.41) is 12.1. The molecule has 3 rings (SSSR count). The Morgan fingerprint density at radius 2 is 2.03 bits per heavy atom. The van der Waals surface area contributed by atoms with Gasteiger partial charge in [0.15, 0.2) is 22.5 Å². The van der Waals surface area contributed by atoms with E-state index in [1.807, 2.05) is 4.57 Å². The van der Waals surface area contributed by atoms with Gasteiger partial charge in [0.05, 0.1) is 5.75 Å². The lowest BCUT2D eigenvalue weighted by Crippen LogP contribution is -2.35. The van der Waals surface area contributed by atoms with Gasteiger partial charge in [-0.2, -0.15) is 0 Å². The van der Waals surface area contributed by atoms with Crippen LogP contribution in [0.25, 0.3) is 0 Å². The van der Waals surface area contributed by atoms with Gasteiger partial charge in [0, 0.05) is 12.6 Å². The molecule has 1 N–H and O–H groups in total. The van der Waals surface area contributed by atoms with Crippen LogP contribution in [0, 0.1) is 5.82 Å². The van der Waals surface area contributed by atoms with E-state index >= 15 is 0 Å². The number of nitrogens with zero attached hydrogens (tertiary/aromatic N) is 3. The van der Waals surface area contributed by atoms with Crippen LogP contribution in [-0.4, -0.2) is 32.5 Å². The summed E-state index contributed by atoms with van der Waals surface area (Å²) in [7, 11) is 0. The first kappa shape index (κ1) is 21.4. The van der Waals surface area contributed by atoms with Crippen LogP contribution in [0.2, 0.25) is 0 Å². The van der Waals surface area contributed by atoms with Gasteiger partial charge in [-0.1, -0.05) is 55.7 Å². The zero-order chi connectivity index (χ0) is 20.5. The molecule has 1 aliphatic carbocycles. The molecule has 0 radical (unpaired) electrons. The Balaban J connectivity index is 1.56. The zero-order valence-corrected chi connectivity index (χ0v) is 17.3. The number of rotatable bonds is 9. The van der Waals surface area contributed by atoms with E-state index in [1.54, 1.807) is 24.3 Å². The number of hydrogen-bond acceptors (Lipinski definition) is 5. The Hall–Kier alpha value is -2.35. The highest BCUT2D eigenvalue weighted by atomic mass is 32.2. The van der Waals surface area contributed by atoms with E-state index in [-0.39, 0.29) is 30.1 Å². The molecule has 156 valence electrons. The molecule has 1 aromatic carbocycles. The third-order valence-corrected chi connectivity index (χ3v) is 5.82. The molecule has 1 amide bonds. The predicted molar refractivity (Wildman–Crippen MR) is 111 cm³/mol. The number of aromatic nitrogens is 3. The molecular weight excluding hydrogens is 391 g/mol. The Morgan fingerprint density at radius 1 is 1.28 bits per heavy atom. The van der Waals surface area contributed by atoms with Gasteiger partial charge in [-0.05, 0) is 25.0 Å². The van der Waals surface area contributed by atoms with E-state index < -0.39 is 5.82 Å². The number of hydrogen-bond donors (Lipinski definition) is 1. The van der Waals surface area contributed by atoms with Gasteiger partial charge >= 0.3 is 0 Å². The summed E-state index contributed by atoms with van der Waals surface area (Å²) >= 11 is 1.33. The van der Waals surface area contributed by atoms with Crippen molar-refractivity contribution >= 4 is 17.7 Å². The number of amides is 1. The average molecular weight is 419 g/mol. The summed E-state index contributed by atoms with van der Waals surface area (Å²) < 4.78 is 21.1. The molecule has 1 aromatic heterocycles. The fourth-order valence-electron chi connectivity index (χ4n) is 3.37. The number of benzene rings is 1. The van der Waals surface area contributed by atoms with Crippen LogP contribution in [-0.2, 0) is 17.9 Å². The van der Waals surface area contributed by atoms with E-state index in [0.29, 0.717) is 17.5 Å². The van der Waals surface area contributed by atoms with E-state index in [4.69, 9.17) is 4.74 Å². The Kier molecular flexibility index (Phi) is 8.10. The third-order valence-electron chi connectivity index (χ3n) is 4.85. The first-order valence-corrected chi connectivity index (χ1v) is 11.0. The number of para-hydroxylation sites is 1. The summed E-state index contributed by atoms with van der Waals surface area (Å²) in [6, 6.07) is 6.51. The molecule has 0 atom stereocenters. The maximum Gasteiger partial charge on any atom is 0.230 e. The molecule has 1 fully saturated rings. The van der Waals surface area contributed by atoms with Crippen LogP contribution < -0.4 is 10.1 Å². The summed E-state index contributed by atoms with van der Waals surface area (Å²) in [5.74, 6) is 0.587. The second-order valence-corrected chi connectivity index (χ2v) is 8.00. The van der Waals surface area contributed by atoms with Crippen molar-refractivity contribution < 1.29 is 13.9 Å². The highest BCUT2D eigenvalue weighted by molar-refractivity contribution is 7.99. The van der Waals surface area contributed by atoms with Gasteiger partial charge in [-0.15, -0.1) is 16.8 Å². The molecule has 1 heterocycles. The molecule has 0 spiro atoms. The normalized spacial score (nSPS) is 14.9. The van der Waals surface area contributed by atoms with Crippen LogP contribution in [0.15, 0.2) is 42.1 Å². The lowest BCUT2D eigenvalue weighted by molar-refractivity contribution is -0.119. The number of carbonyl (C=O) groups is 1. The second kappa shape index (κ2) is 11.0. The summed E-state index contributed by atoms with van der Waals surface area (Å²) in [4.78, 5) is 12.3. The number of halogens is 1. The molecular formula is C21H27FN4O2S. The van der Waals surface area contributed by atoms with Gasteiger partial charge in [-0.3, -0.25) is 9.36 Å². The predicted octanol–water partition coefficient (Wildman–Crippen LogP) is 4.11.